The molecule has 0 aromatic carbocycles. The number of nitrogen functional groups attached to an aromatic ring is 1. The van der Waals surface area contributed by atoms with Gasteiger partial charge < -0.3 is 5.73 Å². The van der Waals surface area contributed by atoms with E-state index >= 15 is 0 Å². The third-order valence-electron chi connectivity index (χ3n) is 2.23. The third-order valence-corrected chi connectivity index (χ3v) is 4.44. The van der Waals surface area contributed by atoms with Gasteiger partial charge in [0.05, 0.1) is 11.1 Å². The van der Waals surface area contributed by atoms with Crippen molar-refractivity contribution >= 4 is 39.1 Å². The van der Waals surface area contributed by atoms with Gasteiger partial charge in [0, 0.05) is 9.62 Å². The SMILES string of the molecule is Cc1cc2c(N)nc(CSC(C)(C)C)nc2s1. The van der Waals surface area contributed by atoms with Crippen LogP contribution < -0.4 is 5.73 Å². The van der Waals surface area contributed by atoms with E-state index in [2.05, 4.69) is 43.7 Å². The highest BCUT2D eigenvalue weighted by atomic mass is 32.2. The number of hydrogen-bond acceptors (Lipinski definition) is 5. The van der Waals surface area contributed by atoms with Crippen LogP contribution in [0.2, 0.25) is 0 Å². The molecule has 0 aliphatic heterocycles. The van der Waals surface area contributed by atoms with Crippen LogP contribution in [-0.4, -0.2) is 14.7 Å². The number of rotatable bonds is 2. The van der Waals surface area contributed by atoms with Gasteiger partial charge in [-0.1, -0.05) is 20.8 Å². The van der Waals surface area contributed by atoms with Gasteiger partial charge in [0.15, 0.2) is 0 Å². The molecule has 0 amide bonds. The van der Waals surface area contributed by atoms with Crippen molar-refractivity contribution in [2.45, 2.75) is 38.2 Å². The highest BCUT2D eigenvalue weighted by molar-refractivity contribution is 7.99. The van der Waals surface area contributed by atoms with E-state index in [1.165, 1.54) is 4.88 Å². The molecule has 0 spiro atoms. The summed E-state index contributed by atoms with van der Waals surface area (Å²) < 4.78 is 0.221. The fraction of sp³-hybridized carbons (Fsp3) is 0.500. The molecule has 0 bridgehead atoms. The minimum absolute atomic E-state index is 0.221. The van der Waals surface area contributed by atoms with Crippen LogP contribution in [0.1, 0.15) is 31.5 Å². The van der Waals surface area contributed by atoms with Crippen LogP contribution in [0.5, 0.6) is 0 Å². The molecular weight excluding hydrogens is 250 g/mol. The number of thioether (sulfide) groups is 1. The molecule has 0 aliphatic rings. The molecule has 3 nitrogen and oxygen atoms in total. The summed E-state index contributed by atoms with van der Waals surface area (Å²) in [6.45, 7) is 8.63. The summed E-state index contributed by atoms with van der Waals surface area (Å²) in [5.41, 5.74) is 5.96. The molecular formula is C12H17N3S2. The Hall–Kier alpha value is -0.810. The van der Waals surface area contributed by atoms with Gasteiger partial charge in [0.2, 0.25) is 0 Å². The Morgan fingerprint density at radius 3 is 2.71 bits per heavy atom. The lowest BCUT2D eigenvalue weighted by Crippen LogP contribution is -2.09. The topological polar surface area (TPSA) is 51.8 Å². The molecule has 0 atom stereocenters. The fourth-order valence-corrected chi connectivity index (χ4v) is 3.05. The molecule has 92 valence electrons. The third kappa shape index (κ3) is 3.10. The summed E-state index contributed by atoms with van der Waals surface area (Å²) in [4.78, 5) is 11.2. The van der Waals surface area contributed by atoms with Crippen molar-refractivity contribution in [3.05, 3.63) is 16.8 Å². The zero-order valence-corrected chi connectivity index (χ0v) is 12.2. The Kier molecular flexibility index (Phi) is 3.32. The van der Waals surface area contributed by atoms with Crippen molar-refractivity contribution in [2.75, 3.05) is 5.73 Å². The summed E-state index contributed by atoms with van der Waals surface area (Å²) in [5, 5.41) is 0.983. The normalized spacial score (nSPS) is 12.2. The summed E-state index contributed by atoms with van der Waals surface area (Å²) in [5.74, 6) is 2.24. The Bertz CT molecular complexity index is 540. The van der Waals surface area contributed by atoms with Gasteiger partial charge in [-0.25, -0.2) is 9.97 Å². The van der Waals surface area contributed by atoms with Crippen LogP contribution in [0.4, 0.5) is 5.82 Å². The van der Waals surface area contributed by atoms with E-state index in [9.17, 15) is 0 Å². The monoisotopic (exact) mass is 267 g/mol. The zero-order valence-electron chi connectivity index (χ0n) is 10.6. The molecule has 2 aromatic rings. The number of aryl methyl sites for hydroxylation is 1. The first-order chi connectivity index (χ1) is 7.85. The van der Waals surface area contributed by atoms with Crippen molar-refractivity contribution in [1.82, 2.24) is 9.97 Å². The number of nitrogens with two attached hydrogens (primary N) is 1. The first-order valence-corrected chi connectivity index (χ1v) is 7.32. The van der Waals surface area contributed by atoms with Crippen molar-refractivity contribution in [3.63, 3.8) is 0 Å². The van der Waals surface area contributed by atoms with Gasteiger partial charge in [-0.15, -0.1) is 23.1 Å². The van der Waals surface area contributed by atoms with Gasteiger partial charge >= 0.3 is 0 Å². The van der Waals surface area contributed by atoms with Crippen LogP contribution in [-0.2, 0) is 5.75 Å². The van der Waals surface area contributed by atoms with Gasteiger partial charge in [-0.2, -0.15) is 0 Å². The predicted molar refractivity (Wildman–Crippen MR) is 77.6 cm³/mol. The minimum atomic E-state index is 0.221. The number of nitrogens with zero attached hydrogens (tertiary/aromatic N) is 2. The fourth-order valence-electron chi connectivity index (χ4n) is 1.46. The maximum Gasteiger partial charge on any atom is 0.142 e. The van der Waals surface area contributed by atoms with E-state index < -0.39 is 0 Å². The summed E-state index contributed by atoms with van der Waals surface area (Å²) >= 11 is 3.51. The highest BCUT2D eigenvalue weighted by Gasteiger charge is 2.13. The smallest absolute Gasteiger partial charge is 0.142 e. The van der Waals surface area contributed by atoms with E-state index in [0.717, 1.165) is 21.8 Å². The molecule has 2 aromatic heterocycles. The van der Waals surface area contributed by atoms with E-state index in [0.29, 0.717) is 5.82 Å². The molecule has 0 unspecified atom stereocenters. The van der Waals surface area contributed by atoms with Crippen LogP contribution in [0.15, 0.2) is 6.07 Å². The maximum absolute atomic E-state index is 5.96. The van der Waals surface area contributed by atoms with E-state index in [1.807, 2.05) is 11.8 Å². The second-order valence-corrected chi connectivity index (χ2v) is 8.04. The Morgan fingerprint density at radius 2 is 2.06 bits per heavy atom. The average Bonchev–Trinajstić information content (AvgIpc) is 2.55. The quantitative estimate of drug-likeness (QED) is 0.903. The van der Waals surface area contributed by atoms with Crippen LogP contribution in [0, 0.1) is 6.92 Å². The van der Waals surface area contributed by atoms with E-state index in [-0.39, 0.29) is 4.75 Å². The number of aromatic nitrogens is 2. The molecule has 5 heteroatoms. The van der Waals surface area contributed by atoms with Crippen LogP contribution in [0.25, 0.3) is 10.2 Å². The second-order valence-electron chi connectivity index (χ2n) is 5.00. The number of fused-ring (bicyclic) bond motifs is 1. The van der Waals surface area contributed by atoms with E-state index in [1.54, 1.807) is 11.3 Å². The standard InChI is InChI=1S/C12H17N3S2/c1-7-5-8-10(13)14-9(15-11(8)17-7)6-16-12(2,3)4/h5H,6H2,1-4H3,(H2,13,14,15). The van der Waals surface area contributed by atoms with Gasteiger partial charge in [-0.05, 0) is 13.0 Å². The molecule has 0 fully saturated rings. The molecule has 2 heterocycles. The van der Waals surface area contributed by atoms with Crippen molar-refractivity contribution in [1.29, 1.82) is 0 Å². The first-order valence-electron chi connectivity index (χ1n) is 5.52. The summed E-state index contributed by atoms with van der Waals surface area (Å²) in [7, 11) is 0. The van der Waals surface area contributed by atoms with Crippen molar-refractivity contribution in [3.8, 4) is 0 Å². The minimum Gasteiger partial charge on any atom is -0.383 e. The molecule has 0 saturated heterocycles. The Morgan fingerprint density at radius 1 is 1.35 bits per heavy atom. The lowest BCUT2D eigenvalue weighted by atomic mass is 10.3. The zero-order chi connectivity index (χ0) is 12.6. The van der Waals surface area contributed by atoms with Gasteiger partial charge in [0.1, 0.15) is 16.5 Å². The van der Waals surface area contributed by atoms with Crippen LogP contribution in [0.3, 0.4) is 0 Å². The molecule has 2 N–H and O–H groups in total. The van der Waals surface area contributed by atoms with E-state index in [4.69, 9.17) is 5.73 Å². The molecule has 17 heavy (non-hydrogen) atoms. The van der Waals surface area contributed by atoms with Gasteiger partial charge in [-0.3, -0.25) is 0 Å². The lowest BCUT2D eigenvalue weighted by molar-refractivity contribution is 0.800. The van der Waals surface area contributed by atoms with Crippen molar-refractivity contribution in [2.24, 2.45) is 0 Å². The van der Waals surface area contributed by atoms with Crippen LogP contribution >= 0.6 is 23.1 Å². The maximum atomic E-state index is 5.96. The average molecular weight is 267 g/mol. The molecule has 0 saturated carbocycles. The number of hydrogen-bond donors (Lipinski definition) is 1. The Labute approximate surface area is 110 Å². The second kappa shape index (κ2) is 4.46. The Balaban J connectivity index is 2.30. The van der Waals surface area contributed by atoms with Gasteiger partial charge in [0.25, 0.3) is 0 Å². The van der Waals surface area contributed by atoms with Crippen molar-refractivity contribution < 1.29 is 0 Å². The summed E-state index contributed by atoms with van der Waals surface area (Å²) in [6, 6.07) is 2.05. The largest absolute Gasteiger partial charge is 0.383 e. The molecule has 2 rings (SSSR count). The number of anilines is 1. The first kappa shape index (κ1) is 12.6. The molecule has 0 aliphatic carbocycles. The number of thiophene rings is 1. The molecule has 0 radical (unpaired) electrons. The lowest BCUT2D eigenvalue weighted by Gasteiger charge is -2.16. The predicted octanol–water partition coefficient (Wildman–Crippen LogP) is 3.61. The summed E-state index contributed by atoms with van der Waals surface area (Å²) in [6.07, 6.45) is 0. The highest BCUT2D eigenvalue weighted by Crippen LogP contribution is 2.30.